The first kappa shape index (κ1) is 13.1. The monoisotopic (exact) mass is 363 g/mol. The van der Waals surface area contributed by atoms with Gasteiger partial charge in [-0.25, -0.2) is 4.98 Å². The summed E-state index contributed by atoms with van der Waals surface area (Å²) in [4.78, 5) is 5.22. The molecule has 0 saturated heterocycles. The van der Waals surface area contributed by atoms with Crippen molar-refractivity contribution in [3.8, 4) is 9.88 Å². The van der Waals surface area contributed by atoms with E-state index in [-0.39, 0.29) is 0 Å². The van der Waals surface area contributed by atoms with Crippen molar-refractivity contribution < 1.29 is 13.2 Å². The van der Waals surface area contributed by atoms with Crippen molar-refractivity contribution in [1.82, 2.24) is 4.98 Å². The van der Waals surface area contributed by atoms with Crippen molar-refractivity contribution in [1.29, 1.82) is 0 Å². The standard InChI is InChI=1S/C12H5BrF3NS2/c13-10-4-3-9(18-10)11-17-7-5-6(12(14,15)16)1-2-8(7)19-11/h1-5H. The van der Waals surface area contributed by atoms with Crippen LogP contribution in [0.2, 0.25) is 0 Å². The number of halogens is 4. The van der Waals surface area contributed by atoms with Crippen LogP contribution >= 0.6 is 38.6 Å². The molecule has 0 bridgehead atoms. The highest BCUT2D eigenvalue weighted by Crippen LogP contribution is 2.38. The maximum absolute atomic E-state index is 12.6. The second-order valence-corrected chi connectivity index (χ2v) is 7.30. The van der Waals surface area contributed by atoms with Crippen LogP contribution in [-0.4, -0.2) is 4.98 Å². The molecule has 0 N–H and O–H groups in total. The number of benzene rings is 1. The van der Waals surface area contributed by atoms with E-state index >= 15 is 0 Å². The zero-order valence-corrected chi connectivity index (χ0v) is 12.4. The maximum atomic E-state index is 12.6. The predicted octanol–water partition coefficient (Wildman–Crippen LogP) is 5.81. The fourth-order valence-corrected chi connectivity index (χ4v) is 4.03. The van der Waals surface area contributed by atoms with E-state index in [0.717, 1.165) is 30.5 Å². The molecular formula is C12H5BrF3NS2. The molecule has 0 amide bonds. The van der Waals surface area contributed by atoms with E-state index < -0.39 is 11.7 Å². The molecular weight excluding hydrogens is 359 g/mol. The molecule has 3 rings (SSSR count). The van der Waals surface area contributed by atoms with E-state index in [1.54, 1.807) is 0 Å². The first-order chi connectivity index (χ1) is 8.93. The maximum Gasteiger partial charge on any atom is 0.416 e. The highest BCUT2D eigenvalue weighted by molar-refractivity contribution is 9.11. The Bertz CT molecular complexity index is 745. The van der Waals surface area contributed by atoms with Crippen molar-refractivity contribution in [3.05, 3.63) is 39.7 Å². The van der Waals surface area contributed by atoms with Crippen molar-refractivity contribution in [2.75, 3.05) is 0 Å². The third kappa shape index (κ3) is 2.54. The van der Waals surface area contributed by atoms with Crippen LogP contribution in [0.3, 0.4) is 0 Å². The van der Waals surface area contributed by atoms with E-state index in [9.17, 15) is 13.2 Å². The average Bonchev–Trinajstić information content (AvgIpc) is 2.92. The zero-order valence-electron chi connectivity index (χ0n) is 9.16. The number of aromatic nitrogens is 1. The van der Waals surface area contributed by atoms with Gasteiger partial charge in [0.25, 0.3) is 0 Å². The Morgan fingerprint density at radius 3 is 2.47 bits per heavy atom. The molecule has 0 aliphatic carbocycles. The Kier molecular flexibility index (Phi) is 3.15. The molecule has 3 aromatic rings. The first-order valence-corrected chi connectivity index (χ1v) is 7.59. The summed E-state index contributed by atoms with van der Waals surface area (Å²) in [6.07, 6.45) is -4.33. The fraction of sp³-hybridized carbons (Fsp3) is 0.0833. The number of fused-ring (bicyclic) bond motifs is 1. The molecule has 0 aliphatic heterocycles. The van der Waals surface area contributed by atoms with Gasteiger partial charge in [-0.05, 0) is 46.3 Å². The summed E-state index contributed by atoms with van der Waals surface area (Å²) < 4.78 is 39.6. The second-order valence-electron chi connectivity index (χ2n) is 3.80. The van der Waals surface area contributed by atoms with Gasteiger partial charge in [0, 0.05) is 0 Å². The molecule has 1 nitrogen and oxygen atoms in total. The molecule has 98 valence electrons. The highest BCUT2D eigenvalue weighted by atomic mass is 79.9. The summed E-state index contributed by atoms with van der Waals surface area (Å²) in [7, 11) is 0. The molecule has 0 fully saturated rings. The number of hydrogen-bond acceptors (Lipinski definition) is 3. The normalized spacial score (nSPS) is 12.2. The second kappa shape index (κ2) is 4.57. The largest absolute Gasteiger partial charge is 0.416 e. The minimum absolute atomic E-state index is 0.388. The molecule has 0 saturated carbocycles. The number of alkyl halides is 3. The van der Waals surface area contributed by atoms with Gasteiger partial charge in [0.15, 0.2) is 0 Å². The Hall–Kier alpha value is -0.920. The molecule has 0 spiro atoms. The number of thiazole rings is 1. The van der Waals surface area contributed by atoms with Crippen molar-refractivity contribution in [2.24, 2.45) is 0 Å². The Balaban J connectivity index is 2.11. The molecule has 2 aromatic heterocycles. The summed E-state index contributed by atoms with van der Waals surface area (Å²) in [6.45, 7) is 0. The third-order valence-electron chi connectivity index (χ3n) is 2.50. The van der Waals surface area contributed by atoms with Gasteiger partial charge in [0.1, 0.15) is 5.01 Å². The summed E-state index contributed by atoms with van der Waals surface area (Å²) in [6, 6.07) is 7.46. The molecule has 2 heterocycles. The van der Waals surface area contributed by atoms with E-state index in [4.69, 9.17) is 0 Å². The zero-order chi connectivity index (χ0) is 13.6. The predicted molar refractivity (Wildman–Crippen MR) is 75.6 cm³/mol. The summed E-state index contributed by atoms with van der Waals surface area (Å²) in [5, 5.41) is 0.741. The molecule has 1 aromatic carbocycles. The lowest BCUT2D eigenvalue weighted by atomic mass is 10.2. The van der Waals surface area contributed by atoms with Crippen LogP contribution in [0, 0.1) is 0 Å². The lowest BCUT2D eigenvalue weighted by Crippen LogP contribution is -2.03. The lowest BCUT2D eigenvalue weighted by molar-refractivity contribution is -0.137. The molecule has 7 heteroatoms. The van der Waals surface area contributed by atoms with Crippen LogP contribution in [0.25, 0.3) is 20.1 Å². The summed E-state index contributed by atoms with van der Waals surface area (Å²) >= 11 is 6.26. The summed E-state index contributed by atoms with van der Waals surface area (Å²) in [5.74, 6) is 0. The molecule has 19 heavy (non-hydrogen) atoms. The molecule has 0 unspecified atom stereocenters. The van der Waals surface area contributed by atoms with Gasteiger partial charge in [-0.2, -0.15) is 13.2 Å². The van der Waals surface area contributed by atoms with Crippen molar-refractivity contribution >= 4 is 48.8 Å². The van der Waals surface area contributed by atoms with E-state index in [1.165, 1.54) is 28.7 Å². The smallest absolute Gasteiger partial charge is 0.235 e. The molecule has 0 aliphatic rings. The number of thiophene rings is 1. The van der Waals surface area contributed by atoms with Gasteiger partial charge in [-0.1, -0.05) is 0 Å². The number of rotatable bonds is 1. The van der Waals surface area contributed by atoms with Gasteiger partial charge in [-0.3, -0.25) is 0 Å². The average molecular weight is 364 g/mol. The van der Waals surface area contributed by atoms with Crippen LogP contribution in [0.1, 0.15) is 5.56 Å². The van der Waals surface area contributed by atoms with Crippen LogP contribution in [-0.2, 0) is 6.18 Å². The van der Waals surface area contributed by atoms with Crippen LogP contribution in [0.15, 0.2) is 34.1 Å². The Morgan fingerprint density at radius 1 is 1.05 bits per heavy atom. The number of hydrogen-bond donors (Lipinski definition) is 0. The van der Waals surface area contributed by atoms with Gasteiger partial charge in [0.2, 0.25) is 0 Å². The Morgan fingerprint density at radius 2 is 1.84 bits per heavy atom. The van der Waals surface area contributed by atoms with Gasteiger partial charge in [-0.15, -0.1) is 22.7 Å². The highest BCUT2D eigenvalue weighted by Gasteiger charge is 2.30. The van der Waals surface area contributed by atoms with E-state index in [0.29, 0.717) is 5.52 Å². The Labute approximate surface area is 122 Å². The SMILES string of the molecule is FC(F)(F)c1ccc2sc(-c3ccc(Br)s3)nc2c1. The summed E-state index contributed by atoms with van der Waals surface area (Å²) in [5.41, 5.74) is -0.274. The quantitative estimate of drug-likeness (QED) is 0.531. The topological polar surface area (TPSA) is 12.9 Å². The third-order valence-corrected chi connectivity index (χ3v) is 5.33. The van der Waals surface area contributed by atoms with E-state index in [1.807, 2.05) is 12.1 Å². The molecule has 0 radical (unpaired) electrons. The number of nitrogens with zero attached hydrogens (tertiary/aromatic N) is 1. The van der Waals surface area contributed by atoms with Crippen molar-refractivity contribution in [3.63, 3.8) is 0 Å². The van der Waals surface area contributed by atoms with Gasteiger partial charge in [0.05, 0.1) is 24.4 Å². The lowest BCUT2D eigenvalue weighted by Gasteiger charge is -2.04. The minimum Gasteiger partial charge on any atom is -0.235 e. The van der Waals surface area contributed by atoms with Crippen LogP contribution in [0.5, 0.6) is 0 Å². The molecule has 0 atom stereocenters. The minimum atomic E-state index is -4.33. The van der Waals surface area contributed by atoms with Gasteiger partial charge < -0.3 is 0 Å². The van der Waals surface area contributed by atoms with E-state index in [2.05, 4.69) is 20.9 Å². The van der Waals surface area contributed by atoms with Gasteiger partial charge >= 0.3 is 6.18 Å². The first-order valence-electron chi connectivity index (χ1n) is 5.17. The van der Waals surface area contributed by atoms with Crippen LogP contribution in [0.4, 0.5) is 13.2 Å². The van der Waals surface area contributed by atoms with Crippen molar-refractivity contribution in [2.45, 2.75) is 6.18 Å². The fourth-order valence-electron chi connectivity index (χ4n) is 1.64. The van der Waals surface area contributed by atoms with Crippen LogP contribution < -0.4 is 0 Å².